The van der Waals surface area contributed by atoms with Crippen LogP contribution in [0.15, 0.2) is 51.5 Å². The lowest BCUT2D eigenvalue weighted by atomic mass is 10.2. The number of hydrogen-bond acceptors (Lipinski definition) is 4. The van der Waals surface area contributed by atoms with Crippen LogP contribution in [0, 0.1) is 5.82 Å². The quantitative estimate of drug-likeness (QED) is 0.722. The normalized spacial score (nSPS) is 10.7. The summed E-state index contributed by atoms with van der Waals surface area (Å²) >= 11 is 3.35. The number of anilines is 1. The number of aromatic nitrogens is 2. The van der Waals surface area contributed by atoms with E-state index in [1.807, 2.05) is 24.3 Å². The number of hydrogen-bond donors (Lipinski definition) is 1. The first-order valence-corrected chi connectivity index (χ1v) is 6.58. The van der Waals surface area contributed by atoms with Gasteiger partial charge in [-0.3, -0.25) is 0 Å². The Hall–Kier alpha value is -2.21. The molecule has 0 fully saturated rings. The van der Waals surface area contributed by atoms with Crippen LogP contribution in [0.5, 0.6) is 0 Å². The molecule has 0 radical (unpaired) electrons. The van der Waals surface area contributed by atoms with Gasteiger partial charge in [-0.25, -0.2) is 4.39 Å². The topological polar surface area (TPSA) is 64.9 Å². The van der Waals surface area contributed by atoms with E-state index in [9.17, 15) is 4.39 Å². The molecule has 1 aromatic heterocycles. The second kappa shape index (κ2) is 5.05. The maximum Gasteiger partial charge on any atom is 0.261 e. The second-order valence-corrected chi connectivity index (χ2v) is 5.08. The Morgan fingerprint density at radius 3 is 2.60 bits per heavy atom. The minimum absolute atomic E-state index is 0.104. The Balaban J connectivity index is 2.01. The van der Waals surface area contributed by atoms with Gasteiger partial charge in [-0.15, -0.1) is 0 Å². The monoisotopic (exact) mass is 333 g/mol. The molecule has 3 aromatic rings. The molecule has 4 nitrogen and oxygen atoms in total. The van der Waals surface area contributed by atoms with Crippen LogP contribution in [0.2, 0.25) is 0 Å². The third-order valence-electron chi connectivity index (χ3n) is 2.75. The second-order valence-electron chi connectivity index (χ2n) is 4.17. The summed E-state index contributed by atoms with van der Waals surface area (Å²) in [6.45, 7) is 0. The zero-order chi connectivity index (χ0) is 14.1. The Morgan fingerprint density at radius 1 is 1.10 bits per heavy atom. The molecule has 0 aliphatic carbocycles. The molecule has 0 atom stereocenters. The van der Waals surface area contributed by atoms with Crippen LogP contribution in [0.25, 0.3) is 22.8 Å². The van der Waals surface area contributed by atoms with Gasteiger partial charge in [0.05, 0.1) is 5.56 Å². The van der Waals surface area contributed by atoms with E-state index in [2.05, 4.69) is 26.1 Å². The largest absolute Gasteiger partial charge is 0.399 e. The van der Waals surface area contributed by atoms with Gasteiger partial charge in [0.25, 0.3) is 5.89 Å². The summed E-state index contributed by atoms with van der Waals surface area (Å²) in [7, 11) is 0. The SMILES string of the molecule is Nc1ccc(F)c(-c2nc(-c3ccc(Br)cc3)no2)c1. The van der Waals surface area contributed by atoms with E-state index >= 15 is 0 Å². The standard InChI is InChI=1S/C14H9BrFN3O/c15-9-3-1-8(2-4-9)13-18-14(20-19-13)11-7-10(17)5-6-12(11)16/h1-7H,17H2. The summed E-state index contributed by atoms with van der Waals surface area (Å²) in [5.41, 5.74) is 7.05. The molecule has 0 bridgehead atoms. The van der Waals surface area contributed by atoms with Crippen LogP contribution in [0.3, 0.4) is 0 Å². The summed E-state index contributed by atoms with van der Waals surface area (Å²) in [6, 6.07) is 11.6. The van der Waals surface area contributed by atoms with Crippen LogP contribution in [-0.4, -0.2) is 10.1 Å². The van der Waals surface area contributed by atoms with Crippen molar-refractivity contribution in [1.29, 1.82) is 0 Å². The average Bonchev–Trinajstić information content (AvgIpc) is 2.92. The van der Waals surface area contributed by atoms with Gasteiger partial charge in [-0.2, -0.15) is 4.98 Å². The molecule has 20 heavy (non-hydrogen) atoms. The number of rotatable bonds is 2. The van der Waals surface area contributed by atoms with Crippen molar-refractivity contribution >= 4 is 21.6 Å². The van der Waals surface area contributed by atoms with E-state index in [-0.39, 0.29) is 11.5 Å². The van der Waals surface area contributed by atoms with E-state index in [1.165, 1.54) is 18.2 Å². The van der Waals surface area contributed by atoms with Crippen molar-refractivity contribution in [2.24, 2.45) is 0 Å². The van der Waals surface area contributed by atoms with Crippen molar-refractivity contribution in [1.82, 2.24) is 10.1 Å². The molecule has 0 aliphatic rings. The highest BCUT2D eigenvalue weighted by Crippen LogP contribution is 2.26. The third-order valence-corrected chi connectivity index (χ3v) is 3.28. The van der Waals surface area contributed by atoms with E-state index in [0.29, 0.717) is 11.5 Å². The Labute approximate surface area is 122 Å². The lowest BCUT2D eigenvalue weighted by molar-refractivity contribution is 0.429. The van der Waals surface area contributed by atoms with Crippen molar-refractivity contribution in [2.45, 2.75) is 0 Å². The molecule has 0 unspecified atom stereocenters. The molecule has 1 heterocycles. The molecular formula is C14H9BrFN3O. The molecule has 3 rings (SSSR count). The van der Waals surface area contributed by atoms with Crippen molar-refractivity contribution in [2.75, 3.05) is 5.73 Å². The number of nitrogens with two attached hydrogens (primary N) is 1. The van der Waals surface area contributed by atoms with Crippen molar-refractivity contribution < 1.29 is 8.91 Å². The van der Waals surface area contributed by atoms with Gasteiger partial charge in [-0.1, -0.05) is 21.1 Å². The van der Waals surface area contributed by atoms with Crippen molar-refractivity contribution in [3.8, 4) is 22.8 Å². The third kappa shape index (κ3) is 2.42. The molecule has 2 N–H and O–H groups in total. The zero-order valence-corrected chi connectivity index (χ0v) is 11.8. The zero-order valence-electron chi connectivity index (χ0n) is 10.2. The van der Waals surface area contributed by atoms with Gasteiger partial charge in [0.1, 0.15) is 5.82 Å². The fourth-order valence-electron chi connectivity index (χ4n) is 1.76. The molecule has 0 saturated carbocycles. The molecule has 0 spiro atoms. The van der Waals surface area contributed by atoms with Gasteiger partial charge in [0.2, 0.25) is 5.82 Å². The van der Waals surface area contributed by atoms with Crippen molar-refractivity contribution in [3.63, 3.8) is 0 Å². The first-order valence-electron chi connectivity index (χ1n) is 5.78. The lowest BCUT2D eigenvalue weighted by Gasteiger charge is -1.98. The van der Waals surface area contributed by atoms with Crippen molar-refractivity contribution in [3.05, 3.63) is 52.8 Å². The fraction of sp³-hybridized carbons (Fsp3) is 0. The minimum Gasteiger partial charge on any atom is -0.399 e. The number of nitrogens with zero attached hydrogens (tertiary/aromatic N) is 2. The molecule has 6 heteroatoms. The highest BCUT2D eigenvalue weighted by Gasteiger charge is 2.14. The van der Waals surface area contributed by atoms with Crippen LogP contribution in [0.4, 0.5) is 10.1 Å². The number of benzene rings is 2. The first-order chi connectivity index (χ1) is 9.63. The van der Waals surface area contributed by atoms with E-state index in [1.54, 1.807) is 0 Å². The number of nitrogen functional groups attached to an aromatic ring is 1. The molecule has 100 valence electrons. The Morgan fingerprint density at radius 2 is 1.85 bits per heavy atom. The summed E-state index contributed by atoms with van der Waals surface area (Å²) < 4.78 is 19.8. The predicted octanol–water partition coefficient (Wildman–Crippen LogP) is 3.89. The van der Waals surface area contributed by atoms with Gasteiger partial charge < -0.3 is 10.3 Å². The maximum atomic E-state index is 13.7. The first kappa shape index (κ1) is 12.8. The van der Waals surface area contributed by atoms with Gasteiger partial charge in [-0.05, 0) is 42.5 Å². The maximum absolute atomic E-state index is 13.7. The van der Waals surface area contributed by atoms with Crippen LogP contribution < -0.4 is 5.73 Å². The fourth-order valence-corrected chi connectivity index (χ4v) is 2.02. The summed E-state index contributed by atoms with van der Waals surface area (Å²) in [6.07, 6.45) is 0. The highest BCUT2D eigenvalue weighted by molar-refractivity contribution is 9.10. The molecule has 2 aromatic carbocycles. The van der Waals surface area contributed by atoms with Gasteiger partial charge in [0.15, 0.2) is 0 Å². The molecular weight excluding hydrogens is 325 g/mol. The lowest BCUT2D eigenvalue weighted by Crippen LogP contribution is -1.89. The predicted molar refractivity (Wildman–Crippen MR) is 77.2 cm³/mol. The summed E-state index contributed by atoms with van der Waals surface area (Å²) in [5.74, 6) is 0.0484. The smallest absolute Gasteiger partial charge is 0.261 e. The Bertz CT molecular complexity index is 755. The molecule has 0 amide bonds. The van der Waals surface area contributed by atoms with Crippen LogP contribution >= 0.6 is 15.9 Å². The average molecular weight is 334 g/mol. The summed E-state index contributed by atoms with van der Waals surface area (Å²) in [4.78, 5) is 4.19. The van der Waals surface area contributed by atoms with E-state index in [4.69, 9.17) is 10.3 Å². The Kier molecular flexibility index (Phi) is 3.23. The highest BCUT2D eigenvalue weighted by atomic mass is 79.9. The van der Waals surface area contributed by atoms with Gasteiger partial charge in [0, 0.05) is 15.7 Å². The number of halogens is 2. The molecule has 0 saturated heterocycles. The van der Waals surface area contributed by atoms with E-state index < -0.39 is 5.82 Å². The van der Waals surface area contributed by atoms with E-state index in [0.717, 1.165) is 10.0 Å². The molecule has 0 aliphatic heterocycles. The minimum atomic E-state index is -0.454. The van der Waals surface area contributed by atoms with Crippen LogP contribution in [0.1, 0.15) is 0 Å². The van der Waals surface area contributed by atoms with Crippen LogP contribution in [-0.2, 0) is 0 Å². The summed E-state index contributed by atoms with van der Waals surface area (Å²) in [5, 5.41) is 3.85. The van der Waals surface area contributed by atoms with Gasteiger partial charge >= 0.3 is 0 Å².